The van der Waals surface area contributed by atoms with Crippen LogP contribution in [0.15, 0.2) is 23.1 Å². The number of anilines is 1. The zero-order valence-corrected chi connectivity index (χ0v) is 10.3. The fourth-order valence-corrected chi connectivity index (χ4v) is 2.20. The molecular formula is C10H12ClNO3S. The highest BCUT2D eigenvalue weighted by molar-refractivity contribution is 7.90. The van der Waals surface area contributed by atoms with Gasteiger partial charge in [0.1, 0.15) is 0 Å². The first kappa shape index (κ1) is 11.7. The lowest BCUT2D eigenvalue weighted by molar-refractivity contribution is 0.0211. The topological polar surface area (TPSA) is 55.4 Å². The normalized spacial score (nSPS) is 16.9. The van der Waals surface area contributed by atoms with Crippen molar-refractivity contribution in [3.63, 3.8) is 0 Å². The molecule has 16 heavy (non-hydrogen) atoms. The van der Waals surface area contributed by atoms with Crippen LogP contribution >= 0.6 is 11.6 Å². The van der Waals surface area contributed by atoms with Crippen LogP contribution in [0.1, 0.15) is 0 Å². The third kappa shape index (κ3) is 2.48. The monoisotopic (exact) mass is 261 g/mol. The molecule has 0 radical (unpaired) electrons. The van der Waals surface area contributed by atoms with Gasteiger partial charge in [0.25, 0.3) is 0 Å². The predicted octanol–water partition coefficient (Wildman–Crippen LogP) is 1.55. The fraction of sp³-hybridized carbons (Fsp3) is 0.400. The Hall–Kier alpha value is -0.780. The Morgan fingerprint density at radius 3 is 2.62 bits per heavy atom. The van der Waals surface area contributed by atoms with E-state index in [0.29, 0.717) is 23.9 Å². The van der Waals surface area contributed by atoms with E-state index >= 15 is 0 Å². The Morgan fingerprint density at radius 2 is 2.12 bits per heavy atom. The van der Waals surface area contributed by atoms with Crippen LogP contribution < -0.4 is 5.32 Å². The summed E-state index contributed by atoms with van der Waals surface area (Å²) in [6.07, 6.45) is 1.17. The van der Waals surface area contributed by atoms with E-state index < -0.39 is 9.84 Å². The molecule has 0 unspecified atom stereocenters. The molecule has 1 aromatic rings. The number of benzene rings is 1. The highest BCUT2D eigenvalue weighted by Gasteiger charge is 2.19. The highest BCUT2D eigenvalue weighted by Crippen LogP contribution is 2.26. The van der Waals surface area contributed by atoms with Gasteiger partial charge in [0.2, 0.25) is 0 Å². The van der Waals surface area contributed by atoms with E-state index in [9.17, 15) is 8.42 Å². The Kier molecular flexibility index (Phi) is 3.10. The molecule has 1 aliphatic heterocycles. The van der Waals surface area contributed by atoms with E-state index in [1.807, 2.05) is 0 Å². The zero-order chi connectivity index (χ0) is 11.8. The second-order valence-corrected chi connectivity index (χ2v) is 6.22. The molecule has 0 spiro atoms. The lowest BCUT2D eigenvalue weighted by Crippen LogP contribution is -2.40. The second-order valence-electron chi connectivity index (χ2n) is 3.79. The number of halogens is 1. The van der Waals surface area contributed by atoms with Gasteiger partial charge < -0.3 is 10.1 Å². The minimum atomic E-state index is -3.20. The van der Waals surface area contributed by atoms with Crippen molar-refractivity contribution in [3.05, 3.63) is 23.2 Å². The van der Waals surface area contributed by atoms with Gasteiger partial charge in [0.15, 0.2) is 9.84 Å². The minimum Gasteiger partial charge on any atom is -0.377 e. The van der Waals surface area contributed by atoms with Gasteiger partial charge in [-0.15, -0.1) is 0 Å². The van der Waals surface area contributed by atoms with Crippen molar-refractivity contribution in [2.24, 2.45) is 0 Å². The van der Waals surface area contributed by atoms with Crippen LogP contribution in [0, 0.1) is 0 Å². The summed E-state index contributed by atoms with van der Waals surface area (Å²) < 4.78 is 27.8. The molecule has 1 heterocycles. The SMILES string of the molecule is CS(=O)(=O)c1ccc(Cl)c(NC2COC2)c1. The van der Waals surface area contributed by atoms with E-state index in [2.05, 4.69) is 5.32 Å². The molecule has 1 N–H and O–H groups in total. The van der Waals surface area contributed by atoms with Crippen LogP contribution in [-0.4, -0.2) is 33.9 Å². The van der Waals surface area contributed by atoms with Crippen molar-refractivity contribution in [2.75, 3.05) is 24.8 Å². The van der Waals surface area contributed by atoms with Gasteiger partial charge in [-0.1, -0.05) is 11.6 Å². The van der Waals surface area contributed by atoms with Crippen molar-refractivity contribution in [1.29, 1.82) is 0 Å². The molecule has 0 amide bonds. The van der Waals surface area contributed by atoms with Gasteiger partial charge in [-0.25, -0.2) is 8.42 Å². The summed E-state index contributed by atoms with van der Waals surface area (Å²) in [6, 6.07) is 4.85. The molecular weight excluding hydrogens is 250 g/mol. The van der Waals surface area contributed by atoms with Crippen LogP contribution in [-0.2, 0) is 14.6 Å². The molecule has 1 fully saturated rings. The fourth-order valence-electron chi connectivity index (χ4n) is 1.38. The number of hydrogen-bond acceptors (Lipinski definition) is 4. The van der Waals surface area contributed by atoms with Crippen molar-refractivity contribution in [3.8, 4) is 0 Å². The van der Waals surface area contributed by atoms with E-state index in [4.69, 9.17) is 16.3 Å². The Labute approximate surface area is 99.5 Å². The van der Waals surface area contributed by atoms with Crippen molar-refractivity contribution >= 4 is 27.1 Å². The maximum absolute atomic E-state index is 11.4. The molecule has 6 heteroatoms. The molecule has 4 nitrogen and oxygen atoms in total. The van der Waals surface area contributed by atoms with Gasteiger partial charge >= 0.3 is 0 Å². The van der Waals surface area contributed by atoms with E-state index in [-0.39, 0.29) is 10.9 Å². The quantitative estimate of drug-likeness (QED) is 0.897. The van der Waals surface area contributed by atoms with Crippen molar-refractivity contribution in [1.82, 2.24) is 0 Å². The summed E-state index contributed by atoms with van der Waals surface area (Å²) in [7, 11) is -3.20. The standard InChI is InChI=1S/C10H12ClNO3S/c1-16(13,14)8-2-3-9(11)10(4-8)12-7-5-15-6-7/h2-4,7,12H,5-6H2,1H3. The van der Waals surface area contributed by atoms with E-state index in [0.717, 1.165) is 0 Å². The number of sulfone groups is 1. The maximum atomic E-state index is 11.4. The summed E-state index contributed by atoms with van der Waals surface area (Å²) in [5, 5.41) is 3.65. The summed E-state index contributed by atoms with van der Waals surface area (Å²) in [6.45, 7) is 1.25. The van der Waals surface area contributed by atoms with Crippen molar-refractivity contribution < 1.29 is 13.2 Å². The van der Waals surface area contributed by atoms with Crippen LogP contribution in [0.5, 0.6) is 0 Å². The Balaban J connectivity index is 2.28. The van der Waals surface area contributed by atoms with E-state index in [1.54, 1.807) is 12.1 Å². The molecule has 0 aliphatic carbocycles. The molecule has 0 aromatic heterocycles. The molecule has 0 atom stereocenters. The van der Waals surface area contributed by atoms with Crippen LogP contribution in [0.3, 0.4) is 0 Å². The predicted molar refractivity (Wildman–Crippen MR) is 62.8 cm³/mol. The Bertz CT molecular complexity index is 497. The maximum Gasteiger partial charge on any atom is 0.175 e. The molecule has 1 aliphatic rings. The summed E-state index contributed by atoms with van der Waals surface area (Å²) in [4.78, 5) is 0.264. The lowest BCUT2D eigenvalue weighted by Gasteiger charge is -2.28. The third-order valence-electron chi connectivity index (χ3n) is 2.36. The second kappa shape index (κ2) is 4.24. The third-order valence-corrected chi connectivity index (χ3v) is 3.80. The molecule has 0 saturated carbocycles. The zero-order valence-electron chi connectivity index (χ0n) is 8.73. The first-order valence-electron chi connectivity index (χ1n) is 4.81. The van der Waals surface area contributed by atoms with Gasteiger partial charge in [0.05, 0.1) is 34.9 Å². The average Bonchev–Trinajstić information content (AvgIpc) is 2.11. The summed E-state index contributed by atoms with van der Waals surface area (Å²) in [5.74, 6) is 0. The van der Waals surface area contributed by atoms with Gasteiger partial charge in [-0.3, -0.25) is 0 Å². The Morgan fingerprint density at radius 1 is 1.44 bits per heavy atom. The number of rotatable bonds is 3. The average molecular weight is 262 g/mol. The first-order chi connectivity index (χ1) is 7.47. The molecule has 1 saturated heterocycles. The van der Waals surface area contributed by atoms with E-state index in [1.165, 1.54) is 12.3 Å². The summed E-state index contributed by atoms with van der Waals surface area (Å²) in [5.41, 5.74) is 0.637. The summed E-state index contributed by atoms with van der Waals surface area (Å²) >= 11 is 5.97. The van der Waals surface area contributed by atoms with Gasteiger partial charge in [-0.2, -0.15) is 0 Å². The van der Waals surface area contributed by atoms with Crippen LogP contribution in [0.25, 0.3) is 0 Å². The minimum absolute atomic E-state index is 0.215. The molecule has 1 aromatic carbocycles. The van der Waals surface area contributed by atoms with Crippen LogP contribution in [0.4, 0.5) is 5.69 Å². The molecule has 0 bridgehead atoms. The highest BCUT2D eigenvalue weighted by atomic mass is 35.5. The molecule has 2 rings (SSSR count). The number of nitrogens with one attached hydrogen (secondary N) is 1. The van der Waals surface area contributed by atoms with Gasteiger partial charge in [-0.05, 0) is 18.2 Å². The molecule has 88 valence electrons. The first-order valence-corrected chi connectivity index (χ1v) is 7.07. The number of ether oxygens (including phenoxy) is 1. The largest absolute Gasteiger partial charge is 0.377 e. The lowest BCUT2D eigenvalue weighted by atomic mass is 10.2. The number of hydrogen-bond donors (Lipinski definition) is 1. The van der Waals surface area contributed by atoms with Crippen molar-refractivity contribution in [2.45, 2.75) is 10.9 Å². The van der Waals surface area contributed by atoms with Crippen LogP contribution in [0.2, 0.25) is 5.02 Å². The van der Waals surface area contributed by atoms with Gasteiger partial charge in [0, 0.05) is 6.26 Å². The smallest absolute Gasteiger partial charge is 0.175 e.